The Morgan fingerprint density at radius 1 is 1.19 bits per heavy atom. The molecule has 21 heavy (non-hydrogen) atoms. The molecule has 0 bridgehead atoms. The van der Waals surface area contributed by atoms with E-state index in [4.69, 9.17) is 10.00 Å². The molecule has 0 aliphatic rings. The third-order valence-corrected chi connectivity index (χ3v) is 2.90. The summed E-state index contributed by atoms with van der Waals surface area (Å²) in [5.41, 5.74) is 0.989. The highest BCUT2D eigenvalue weighted by atomic mass is 19.1. The molecule has 0 saturated carbocycles. The third-order valence-electron chi connectivity index (χ3n) is 2.90. The molecule has 2 aromatic rings. The van der Waals surface area contributed by atoms with Crippen LogP contribution in [0, 0.1) is 23.0 Å². The summed E-state index contributed by atoms with van der Waals surface area (Å²) in [6, 6.07) is 9.56. The van der Waals surface area contributed by atoms with Crippen LogP contribution in [0.2, 0.25) is 0 Å². The molecule has 2 aromatic carbocycles. The Balaban J connectivity index is 2.21. The van der Waals surface area contributed by atoms with Gasteiger partial charge in [0.25, 0.3) is 0 Å². The fourth-order valence-corrected chi connectivity index (χ4v) is 1.94. The minimum absolute atomic E-state index is 0.0117. The number of ether oxygens (including phenoxy) is 1. The largest absolute Gasteiger partial charge is 0.489 e. The zero-order chi connectivity index (χ0) is 15.4. The maximum Gasteiger partial charge on any atom is 0.125 e. The summed E-state index contributed by atoms with van der Waals surface area (Å²) >= 11 is 0. The molecule has 108 valence electrons. The summed E-state index contributed by atoms with van der Waals surface area (Å²) in [4.78, 5) is 0. The predicted octanol–water partition coefficient (Wildman–Crippen LogP) is 3.47. The van der Waals surface area contributed by atoms with Crippen molar-refractivity contribution in [3.05, 3.63) is 64.7 Å². The molecule has 0 fully saturated rings. The van der Waals surface area contributed by atoms with E-state index >= 15 is 0 Å². The highest BCUT2D eigenvalue weighted by Gasteiger charge is 2.11. The lowest BCUT2D eigenvalue weighted by molar-refractivity contribution is 0.189. The first-order valence-corrected chi connectivity index (χ1v) is 6.29. The van der Waals surface area contributed by atoms with Crippen molar-refractivity contribution < 1.29 is 18.6 Å². The number of nitriles is 1. The normalized spacial score (nSPS) is 11.8. The highest BCUT2D eigenvalue weighted by Crippen LogP contribution is 2.26. The standard InChI is InChI=1S/C16H13F2NO2/c1-10(20)15-7-13(17)2-3-16(15)21-9-12-4-11(8-19)5-14(18)6-12/h2-7,10,20H,9H2,1H3/t10-/m1/s1. The number of hydrogen-bond acceptors (Lipinski definition) is 3. The van der Waals surface area contributed by atoms with Crippen LogP contribution < -0.4 is 4.74 Å². The molecule has 0 heterocycles. The average Bonchev–Trinajstić information content (AvgIpc) is 2.45. The smallest absolute Gasteiger partial charge is 0.125 e. The van der Waals surface area contributed by atoms with Crippen LogP contribution in [0.1, 0.15) is 29.7 Å². The lowest BCUT2D eigenvalue weighted by Crippen LogP contribution is -2.02. The van der Waals surface area contributed by atoms with Crippen molar-refractivity contribution in [3.8, 4) is 11.8 Å². The van der Waals surface area contributed by atoms with Gasteiger partial charge in [-0.25, -0.2) is 8.78 Å². The van der Waals surface area contributed by atoms with Gasteiger partial charge in [0.2, 0.25) is 0 Å². The summed E-state index contributed by atoms with van der Waals surface area (Å²) < 4.78 is 32.0. The van der Waals surface area contributed by atoms with Crippen LogP contribution in [0.25, 0.3) is 0 Å². The molecule has 0 unspecified atom stereocenters. The van der Waals surface area contributed by atoms with E-state index < -0.39 is 17.7 Å². The van der Waals surface area contributed by atoms with Crippen molar-refractivity contribution in [3.63, 3.8) is 0 Å². The van der Waals surface area contributed by atoms with Crippen LogP contribution in [0.5, 0.6) is 5.75 Å². The van der Waals surface area contributed by atoms with Gasteiger partial charge in [-0.1, -0.05) is 0 Å². The average molecular weight is 289 g/mol. The summed E-state index contributed by atoms with van der Waals surface area (Å²) in [6.45, 7) is 1.51. The lowest BCUT2D eigenvalue weighted by atomic mass is 10.1. The van der Waals surface area contributed by atoms with Crippen LogP contribution in [0.3, 0.4) is 0 Å². The van der Waals surface area contributed by atoms with Gasteiger partial charge < -0.3 is 9.84 Å². The van der Waals surface area contributed by atoms with Gasteiger partial charge in [-0.05, 0) is 48.9 Å². The minimum atomic E-state index is -0.891. The van der Waals surface area contributed by atoms with Crippen molar-refractivity contribution in [2.24, 2.45) is 0 Å². The first-order valence-electron chi connectivity index (χ1n) is 6.29. The van der Waals surface area contributed by atoms with Crippen molar-refractivity contribution in [1.82, 2.24) is 0 Å². The van der Waals surface area contributed by atoms with Gasteiger partial charge in [0, 0.05) is 5.56 Å². The van der Waals surface area contributed by atoms with Gasteiger partial charge >= 0.3 is 0 Å². The van der Waals surface area contributed by atoms with E-state index in [2.05, 4.69) is 0 Å². The fourth-order valence-electron chi connectivity index (χ4n) is 1.94. The van der Waals surface area contributed by atoms with Gasteiger partial charge in [0.15, 0.2) is 0 Å². The number of halogens is 2. The number of benzene rings is 2. The van der Waals surface area contributed by atoms with Crippen LogP contribution >= 0.6 is 0 Å². The number of aliphatic hydroxyl groups is 1. The maximum atomic E-state index is 13.3. The Hall–Kier alpha value is -2.45. The van der Waals surface area contributed by atoms with E-state index in [0.717, 1.165) is 6.07 Å². The number of aliphatic hydroxyl groups excluding tert-OH is 1. The zero-order valence-corrected chi connectivity index (χ0v) is 11.3. The molecule has 5 heteroatoms. The van der Waals surface area contributed by atoms with E-state index in [1.54, 1.807) is 0 Å². The lowest BCUT2D eigenvalue weighted by Gasteiger charge is -2.13. The van der Waals surface area contributed by atoms with Gasteiger partial charge in [-0.2, -0.15) is 5.26 Å². The van der Waals surface area contributed by atoms with E-state index in [9.17, 15) is 13.9 Å². The van der Waals surface area contributed by atoms with Crippen LogP contribution in [0.4, 0.5) is 8.78 Å². The molecule has 1 N–H and O–H groups in total. The fraction of sp³-hybridized carbons (Fsp3) is 0.188. The Labute approximate surface area is 121 Å². The molecule has 3 nitrogen and oxygen atoms in total. The Bertz CT molecular complexity index is 693. The summed E-state index contributed by atoms with van der Waals surface area (Å²) in [6.07, 6.45) is -0.891. The summed E-state index contributed by atoms with van der Waals surface area (Å²) in [5.74, 6) is -0.688. The van der Waals surface area contributed by atoms with Crippen molar-refractivity contribution in [1.29, 1.82) is 5.26 Å². The molecule has 0 spiro atoms. The van der Waals surface area contributed by atoms with Gasteiger partial charge in [0.05, 0.1) is 17.7 Å². The minimum Gasteiger partial charge on any atom is -0.489 e. The van der Waals surface area contributed by atoms with E-state index in [1.807, 2.05) is 6.07 Å². The zero-order valence-electron chi connectivity index (χ0n) is 11.3. The first-order chi connectivity index (χ1) is 9.99. The highest BCUT2D eigenvalue weighted by molar-refractivity contribution is 5.37. The quantitative estimate of drug-likeness (QED) is 0.937. The maximum absolute atomic E-state index is 13.3. The Kier molecular flexibility index (Phi) is 4.51. The molecule has 0 saturated heterocycles. The van der Waals surface area contributed by atoms with Gasteiger partial charge in [-0.3, -0.25) is 0 Å². The van der Waals surface area contributed by atoms with E-state index in [1.165, 1.54) is 37.3 Å². The first kappa shape index (κ1) is 14.9. The summed E-state index contributed by atoms with van der Waals surface area (Å²) in [7, 11) is 0. The second-order valence-electron chi connectivity index (χ2n) is 4.61. The molecule has 1 atom stereocenters. The molecule has 0 amide bonds. The molecule has 0 radical (unpaired) electrons. The second kappa shape index (κ2) is 6.33. The predicted molar refractivity (Wildman–Crippen MR) is 72.5 cm³/mol. The van der Waals surface area contributed by atoms with Crippen molar-refractivity contribution >= 4 is 0 Å². The van der Waals surface area contributed by atoms with Crippen LogP contribution in [-0.4, -0.2) is 5.11 Å². The Morgan fingerprint density at radius 2 is 1.95 bits per heavy atom. The molecule has 0 aliphatic carbocycles. The van der Waals surface area contributed by atoms with Crippen LogP contribution in [-0.2, 0) is 6.61 Å². The van der Waals surface area contributed by atoms with E-state index in [0.29, 0.717) is 16.9 Å². The van der Waals surface area contributed by atoms with Crippen molar-refractivity contribution in [2.45, 2.75) is 19.6 Å². The summed E-state index contributed by atoms with van der Waals surface area (Å²) in [5, 5.41) is 18.4. The Morgan fingerprint density at radius 3 is 2.62 bits per heavy atom. The third kappa shape index (κ3) is 3.77. The van der Waals surface area contributed by atoms with Gasteiger partial charge in [0.1, 0.15) is 24.0 Å². The molecular weight excluding hydrogens is 276 g/mol. The molecule has 2 rings (SSSR count). The molecule has 0 aliphatic heterocycles. The van der Waals surface area contributed by atoms with Gasteiger partial charge in [-0.15, -0.1) is 0 Å². The topological polar surface area (TPSA) is 53.2 Å². The number of nitrogens with zero attached hydrogens (tertiary/aromatic N) is 1. The molecule has 0 aromatic heterocycles. The monoisotopic (exact) mass is 289 g/mol. The van der Waals surface area contributed by atoms with Crippen molar-refractivity contribution in [2.75, 3.05) is 0 Å². The number of hydrogen-bond donors (Lipinski definition) is 1. The number of rotatable bonds is 4. The van der Waals surface area contributed by atoms with Crippen LogP contribution in [0.15, 0.2) is 36.4 Å². The van der Waals surface area contributed by atoms with E-state index in [-0.39, 0.29) is 12.2 Å². The second-order valence-corrected chi connectivity index (χ2v) is 4.61. The molecular formula is C16H13F2NO2. The SMILES string of the molecule is C[C@@H](O)c1cc(F)ccc1OCc1cc(F)cc(C#N)c1.